The van der Waals surface area contributed by atoms with E-state index in [9.17, 15) is 0 Å². The molecule has 1 aliphatic heterocycles. The van der Waals surface area contributed by atoms with Gasteiger partial charge in [0, 0.05) is 31.5 Å². The molecule has 0 aromatic carbocycles. The highest BCUT2D eigenvalue weighted by Crippen LogP contribution is 2.11. The quantitative estimate of drug-likeness (QED) is 0.758. The second-order valence-electron chi connectivity index (χ2n) is 4.00. The van der Waals surface area contributed by atoms with Crippen molar-refractivity contribution in [3.8, 4) is 0 Å². The predicted molar refractivity (Wildman–Crippen MR) is 56.7 cm³/mol. The summed E-state index contributed by atoms with van der Waals surface area (Å²) in [5, 5.41) is 0. The van der Waals surface area contributed by atoms with E-state index in [1.54, 1.807) is 0 Å². The van der Waals surface area contributed by atoms with Crippen LogP contribution in [0, 0.1) is 0 Å². The second kappa shape index (κ2) is 4.53. The van der Waals surface area contributed by atoms with E-state index in [0.29, 0.717) is 6.04 Å². The summed E-state index contributed by atoms with van der Waals surface area (Å²) >= 11 is 0. The molecule has 0 saturated carbocycles. The van der Waals surface area contributed by atoms with E-state index in [1.165, 1.54) is 24.9 Å². The number of hydrogen-bond donors (Lipinski definition) is 1. The van der Waals surface area contributed by atoms with Crippen LogP contribution in [-0.4, -0.2) is 29.0 Å². The number of likely N-dealkylation sites (tertiary alicyclic amines) is 1. The molecular formula is C11H17N3. The first-order chi connectivity index (χ1) is 6.84. The Balaban J connectivity index is 1.91. The maximum Gasteiger partial charge on any atom is 0.0312 e. The molecule has 1 saturated heterocycles. The Hall–Kier alpha value is -0.930. The van der Waals surface area contributed by atoms with Gasteiger partial charge in [0.1, 0.15) is 0 Å². The highest BCUT2D eigenvalue weighted by molar-refractivity contribution is 5.08. The fourth-order valence-electron chi connectivity index (χ4n) is 1.98. The van der Waals surface area contributed by atoms with Crippen molar-refractivity contribution in [1.29, 1.82) is 0 Å². The van der Waals surface area contributed by atoms with Crippen molar-refractivity contribution in [1.82, 2.24) is 9.88 Å². The number of rotatable bonds is 2. The maximum absolute atomic E-state index is 5.92. The zero-order valence-corrected chi connectivity index (χ0v) is 8.39. The summed E-state index contributed by atoms with van der Waals surface area (Å²) in [6.07, 6.45) is 6.14. The molecule has 1 aromatic heterocycles. The molecule has 0 bridgehead atoms. The van der Waals surface area contributed by atoms with E-state index >= 15 is 0 Å². The van der Waals surface area contributed by atoms with Crippen molar-refractivity contribution in [2.45, 2.75) is 25.4 Å². The molecule has 2 N–H and O–H groups in total. The molecule has 0 spiro atoms. The van der Waals surface area contributed by atoms with Crippen LogP contribution in [0.25, 0.3) is 0 Å². The first-order valence-corrected chi connectivity index (χ1v) is 5.21. The van der Waals surface area contributed by atoms with E-state index in [2.05, 4.69) is 16.0 Å². The Morgan fingerprint density at radius 3 is 3.21 bits per heavy atom. The fraction of sp³-hybridized carbons (Fsp3) is 0.545. The standard InChI is InChI=1S/C11H17N3/c12-11-4-2-6-14(9-11)8-10-3-1-5-13-7-10/h1,3,5,7,11H,2,4,6,8-9,12H2. The molecule has 3 nitrogen and oxygen atoms in total. The van der Waals surface area contributed by atoms with Crippen LogP contribution in [0.15, 0.2) is 24.5 Å². The first-order valence-electron chi connectivity index (χ1n) is 5.21. The topological polar surface area (TPSA) is 42.1 Å². The summed E-state index contributed by atoms with van der Waals surface area (Å²) in [5.74, 6) is 0. The minimum atomic E-state index is 0.362. The summed E-state index contributed by atoms with van der Waals surface area (Å²) < 4.78 is 0. The zero-order chi connectivity index (χ0) is 9.80. The molecule has 0 amide bonds. The van der Waals surface area contributed by atoms with E-state index in [0.717, 1.165) is 13.1 Å². The Morgan fingerprint density at radius 2 is 2.50 bits per heavy atom. The lowest BCUT2D eigenvalue weighted by atomic mass is 10.1. The van der Waals surface area contributed by atoms with Crippen LogP contribution >= 0.6 is 0 Å². The van der Waals surface area contributed by atoms with Gasteiger partial charge in [0.05, 0.1) is 0 Å². The van der Waals surface area contributed by atoms with E-state index in [-0.39, 0.29) is 0 Å². The lowest BCUT2D eigenvalue weighted by Crippen LogP contribution is -2.42. The molecule has 0 aliphatic carbocycles. The number of nitrogens with zero attached hydrogens (tertiary/aromatic N) is 2. The van der Waals surface area contributed by atoms with Crippen LogP contribution in [0.4, 0.5) is 0 Å². The van der Waals surface area contributed by atoms with Crippen LogP contribution in [0.2, 0.25) is 0 Å². The average molecular weight is 191 g/mol. The van der Waals surface area contributed by atoms with Crippen molar-refractivity contribution >= 4 is 0 Å². The molecule has 0 radical (unpaired) electrons. The molecule has 1 aliphatic rings. The summed E-state index contributed by atoms with van der Waals surface area (Å²) in [6.45, 7) is 3.18. The number of aromatic nitrogens is 1. The predicted octanol–water partition coefficient (Wildman–Crippen LogP) is 1.00. The van der Waals surface area contributed by atoms with Crippen molar-refractivity contribution in [3.05, 3.63) is 30.1 Å². The number of hydrogen-bond acceptors (Lipinski definition) is 3. The van der Waals surface area contributed by atoms with Crippen LogP contribution in [0.1, 0.15) is 18.4 Å². The van der Waals surface area contributed by atoms with Crippen molar-refractivity contribution < 1.29 is 0 Å². The van der Waals surface area contributed by atoms with Crippen molar-refractivity contribution in [2.24, 2.45) is 5.73 Å². The maximum atomic E-state index is 5.92. The third kappa shape index (κ3) is 2.53. The van der Waals surface area contributed by atoms with E-state index < -0.39 is 0 Å². The molecule has 1 atom stereocenters. The Bertz CT molecular complexity index is 273. The zero-order valence-electron chi connectivity index (χ0n) is 8.39. The number of nitrogens with two attached hydrogens (primary N) is 1. The van der Waals surface area contributed by atoms with Gasteiger partial charge in [0.2, 0.25) is 0 Å². The highest BCUT2D eigenvalue weighted by Gasteiger charge is 2.16. The fourth-order valence-corrected chi connectivity index (χ4v) is 1.98. The Morgan fingerprint density at radius 1 is 1.57 bits per heavy atom. The molecule has 2 heterocycles. The minimum absolute atomic E-state index is 0.362. The smallest absolute Gasteiger partial charge is 0.0312 e. The van der Waals surface area contributed by atoms with Crippen LogP contribution < -0.4 is 5.73 Å². The molecule has 3 heteroatoms. The Labute approximate surface area is 84.9 Å². The third-order valence-electron chi connectivity index (χ3n) is 2.67. The minimum Gasteiger partial charge on any atom is -0.327 e. The monoisotopic (exact) mass is 191 g/mol. The largest absolute Gasteiger partial charge is 0.327 e. The van der Waals surface area contributed by atoms with E-state index in [1.807, 2.05) is 18.5 Å². The normalized spacial score (nSPS) is 23.6. The molecular weight excluding hydrogens is 174 g/mol. The summed E-state index contributed by atoms with van der Waals surface area (Å²) in [5.41, 5.74) is 7.20. The summed E-state index contributed by atoms with van der Waals surface area (Å²) in [6, 6.07) is 4.47. The van der Waals surface area contributed by atoms with E-state index in [4.69, 9.17) is 5.73 Å². The first kappa shape index (κ1) is 9.62. The van der Waals surface area contributed by atoms with Gasteiger partial charge < -0.3 is 5.73 Å². The molecule has 14 heavy (non-hydrogen) atoms. The molecule has 76 valence electrons. The van der Waals surface area contributed by atoms with Crippen molar-refractivity contribution in [3.63, 3.8) is 0 Å². The SMILES string of the molecule is NC1CCCN(Cc2cccnc2)C1. The molecule has 2 rings (SSSR count). The van der Waals surface area contributed by atoms with Crippen LogP contribution in [0.5, 0.6) is 0 Å². The van der Waals surface area contributed by atoms with Gasteiger partial charge >= 0.3 is 0 Å². The molecule has 1 aromatic rings. The average Bonchev–Trinajstić information content (AvgIpc) is 2.19. The van der Waals surface area contributed by atoms with Crippen LogP contribution in [-0.2, 0) is 6.54 Å². The summed E-state index contributed by atoms with van der Waals surface area (Å²) in [7, 11) is 0. The third-order valence-corrected chi connectivity index (χ3v) is 2.67. The van der Waals surface area contributed by atoms with Gasteiger partial charge in [-0.2, -0.15) is 0 Å². The Kier molecular flexibility index (Phi) is 3.11. The molecule has 1 fully saturated rings. The van der Waals surface area contributed by atoms with Gasteiger partial charge in [-0.1, -0.05) is 6.07 Å². The van der Waals surface area contributed by atoms with Gasteiger partial charge in [0.25, 0.3) is 0 Å². The number of pyridine rings is 1. The highest BCUT2D eigenvalue weighted by atomic mass is 15.1. The number of piperidine rings is 1. The van der Waals surface area contributed by atoms with Gasteiger partial charge in [-0.3, -0.25) is 9.88 Å². The molecule has 1 unspecified atom stereocenters. The lowest BCUT2D eigenvalue weighted by Gasteiger charge is -2.30. The lowest BCUT2D eigenvalue weighted by molar-refractivity contribution is 0.201. The van der Waals surface area contributed by atoms with Gasteiger partial charge in [0.15, 0.2) is 0 Å². The van der Waals surface area contributed by atoms with Gasteiger partial charge in [-0.25, -0.2) is 0 Å². The van der Waals surface area contributed by atoms with Crippen LogP contribution in [0.3, 0.4) is 0 Å². The summed E-state index contributed by atoms with van der Waals surface area (Å²) in [4.78, 5) is 6.52. The van der Waals surface area contributed by atoms with Gasteiger partial charge in [-0.15, -0.1) is 0 Å². The second-order valence-corrected chi connectivity index (χ2v) is 4.00. The van der Waals surface area contributed by atoms with Crippen molar-refractivity contribution in [2.75, 3.05) is 13.1 Å². The van der Waals surface area contributed by atoms with Gasteiger partial charge in [-0.05, 0) is 31.0 Å².